The quantitative estimate of drug-likeness (QED) is 0.339. The average Bonchev–Trinajstić information content (AvgIpc) is 2.94. The average molecular weight is 576 g/mol. The number of sulfonamides is 1. The van der Waals surface area contributed by atoms with Gasteiger partial charge in [0.1, 0.15) is 12.6 Å². The van der Waals surface area contributed by atoms with Gasteiger partial charge in [0.2, 0.25) is 11.8 Å². The van der Waals surface area contributed by atoms with Crippen molar-refractivity contribution < 1.29 is 31.2 Å². The molecule has 0 spiro atoms. The molecule has 0 unspecified atom stereocenters. The van der Waals surface area contributed by atoms with E-state index in [1.54, 1.807) is 36.4 Å². The van der Waals surface area contributed by atoms with Gasteiger partial charge < -0.3 is 10.2 Å². The minimum absolute atomic E-state index is 0.0173. The summed E-state index contributed by atoms with van der Waals surface area (Å²) in [5.41, 5.74) is -0.702. The fourth-order valence-corrected chi connectivity index (χ4v) is 5.34. The number of halogens is 3. The lowest BCUT2D eigenvalue weighted by Crippen LogP contribution is -2.52. The third-order valence-corrected chi connectivity index (χ3v) is 8.22. The third kappa shape index (κ3) is 7.62. The van der Waals surface area contributed by atoms with E-state index >= 15 is 0 Å². The number of rotatable bonds is 11. The maximum atomic E-state index is 13.8. The second kappa shape index (κ2) is 13.0. The Bertz CT molecular complexity index is 1400. The molecular weight excluding hydrogens is 543 g/mol. The molecule has 11 heteroatoms. The lowest BCUT2D eigenvalue weighted by Gasteiger charge is -2.32. The molecule has 0 saturated heterocycles. The van der Waals surface area contributed by atoms with Crippen LogP contribution in [0.25, 0.3) is 0 Å². The Hall–Kier alpha value is -3.86. The van der Waals surface area contributed by atoms with Crippen LogP contribution >= 0.6 is 0 Å². The van der Waals surface area contributed by atoms with Crippen LogP contribution in [0.3, 0.4) is 0 Å². The Morgan fingerprint density at radius 2 is 1.50 bits per heavy atom. The monoisotopic (exact) mass is 575 g/mol. The number of alkyl halides is 3. The van der Waals surface area contributed by atoms with Gasteiger partial charge in [0, 0.05) is 12.6 Å². The van der Waals surface area contributed by atoms with Crippen molar-refractivity contribution in [3.8, 4) is 0 Å². The Morgan fingerprint density at radius 3 is 2.08 bits per heavy atom. The van der Waals surface area contributed by atoms with Crippen LogP contribution < -0.4 is 9.62 Å². The molecule has 1 N–H and O–H groups in total. The minimum Gasteiger partial charge on any atom is -0.352 e. The SMILES string of the molecule is CC[C@H](C)NC(=O)[C@H](C)N(Cc1ccccc1)C(=O)CN(c1cccc(C(F)(F)F)c1)S(=O)(=O)c1ccccc1. The van der Waals surface area contributed by atoms with Crippen molar-refractivity contribution in [1.82, 2.24) is 10.2 Å². The zero-order valence-electron chi connectivity index (χ0n) is 22.4. The van der Waals surface area contributed by atoms with Gasteiger partial charge in [-0.05, 0) is 56.2 Å². The lowest BCUT2D eigenvalue weighted by molar-refractivity contribution is -0.139. The van der Waals surface area contributed by atoms with Gasteiger partial charge in [0.05, 0.1) is 16.1 Å². The van der Waals surface area contributed by atoms with Crippen molar-refractivity contribution in [2.24, 2.45) is 0 Å². The van der Waals surface area contributed by atoms with E-state index in [4.69, 9.17) is 0 Å². The van der Waals surface area contributed by atoms with Crippen LogP contribution in [-0.2, 0) is 32.3 Å². The molecule has 40 heavy (non-hydrogen) atoms. The zero-order chi connectivity index (χ0) is 29.5. The van der Waals surface area contributed by atoms with Gasteiger partial charge in [0.25, 0.3) is 10.0 Å². The van der Waals surface area contributed by atoms with Crippen molar-refractivity contribution in [3.63, 3.8) is 0 Å². The summed E-state index contributed by atoms with van der Waals surface area (Å²) in [5, 5.41) is 2.83. The Balaban J connectivity index is 2.06. The van der Waals surface area contributed by atoms with Gasteiger partial charge in [0.15, 0.2) is 0 Å². The first kappa shape index (κ1) is 30.7. The molecule has 0 fully saturated rings. The molecule has 0 heterocycles. The summed E-state index contributed by atoms with van der Waals surface area (Å²) >= 11 is 0. The second-order valence-corrected chi connectivity index (χ2v) is 11.2. The van der Waals surface area contributed by atoms with Crippen LogP contribution in [0.15, 0.2) is 89.8 Å². The summed E-state index contributed by atoms with van der Waals surface area (Å²) < 4.78 is 68.6. The fourth-order valence-electron chi connectivity index (χ4n) is 3.91. The molecule has 2 amide bonds. The first-order chi connectivity index (χ1) is 18.8. The molecule has 7 nitrogen and oxygen atoms in total. The molecule has 214 valence electrons. The van der Waals surface area contributed by atoms with Crippen LogP contribution in [0, 0.1) is 0 Å². The van der Waals surface area contributed by atoms with Gasteiger partial charge in [-0.15, -0.1) is 0 Å². The molecule has 0 aliphatic rings. The predicted octanol–water partition coefficient (Wildman–Crippen LogP) is 5.23. The van der Waals surface area contributed by atoms with Gasteiger partial charge in [-0.1, -0.05) is 61.5 Å². The van der Waals surface area contributed by atoms with E-state index in [0.29, 0.717) is 22.4 Å². The third-order valence-electron chi connectivity index (χ3n) is 6.44. The fraction of sp³-hybridized carbons (Fsp3) is 0.310. The van der Waals surface area contributed by atoms with Gasteiger partial charge in [-0.2, -0.15) is 13.2 Å². The molecule has 0 radical (unpaired) electrons. The highest BCUT2D eigenvalue weighted by Gasteiger charge is 2.35. The topological polar surface area (TPSA) is 86.8 Å². The van der Waals surface area contributed by atoms with Crippen molar-refractivity contribution >= 4 is 27.5 Å². The van der Waals surface area contributed by atoms with E-state index in [1.165, 1.54) is 42.2 Å². The summed E-state index contributed by atoms with van der Waals surface area (Å²) in [6, 6.07) is 18.6. The van der Waals surface area contributed by atoms with Crippen LogP contribution in [0.1, 0.15) is 38.3 Å². The molecule has 3 aromatic carbocycles. The highest BCUT2D eigenvalue weighted by atomic mass is 32.2. The maximum absolute atomic E-state index is 13.8. The summed E-state index contributed by atoms with van der Waals surface area (Å²) in [7, 11) is -4.47. The number of hydrogen-bond acceptors (Lipinski definition) is 4. The number of anilines is 1. The van der Waals surface area contributed by atoms with Crippen LogP contribution in [0.5, 0.6) is 0 Å². The van der Waals surface area contributed by atoms with E-state index in [-0.39, 0.29) is 23.2 Å². The molecule has 0 bridgehead atoms. The van der Waals surface area contributed by atoms with E-state index < -0.39 is 46.2 Å². The Kier molecular flexibility index (Phi) is 9.97. The number of carbonyl (C=O) groups excluding carboxylic acids is 2. The highest BCUT2D eigenvalue weighted by molar-refractivity contribution is 7.92. The standard InChI is InChI=1S/C29H32F3N3O4S/c1-4-21(2)33-28(37)22(3)34(19-23-12-7-5-8-13-23)27(36)20-35(40(38,39)26-16-9-6-10-17-26)25-15-11-14-24(18-25)29(30,31)32/h5-18,21-22H,4,19-20H2,1-3H3,(H,33,37)/t21-,22-/m0/s1. The van der Waals surface area contributed by atoms with Gasteiger partial charge in [-0.25, -0.2) is 8.42 Å². The number of benzene rings is 3. The predicted molar refractivity (Wildman–Crippen MR) is 147 cm³/mol. The number of amides is 2. The van der Waals surface area contributed by atoms with Crippen molar-refractivity contribution in [1.29, 1.82) is 0 Å². The molecule has 3 aromatic rings. The molecule has 2 atom stereocenters. The van der Waals surface area contributed by atoms with E-state index in [2.05, 4.69) is 5.32 Å². The molecular formula is C29H32F3N3O4S. The molecule has 0 aliphatic heterocycles. The number of nitrogens with zero attached hydrogens (tertiary/aromatic N) is 2. The number of carbonyl (C=O) groups is 2. The largest absolute Gasteiger partial charge is 0.416 e. The van der Waals surface area contributed by atoms with Crippen LogP contribution in [0.4, 0.5) is 18.9 Å². The molecule has 0 saturated carbocycles. The summed E-state index contributed by atoms with van der Waals surface area (Å²) in [4.78, 5) is 27.9. The summed E-state index contributed by atoms with van der Waals surface area (Å²) in [6.07, 6.45) is -4.08. The molecule has 3 rings (SSSR count). The van der Waals surface area contributed by atoms with E-state index in [0.717, 1.165) is 12.1 Å². The summed E-state index contributed by atoms with van der Waals surface area (Å²) in [6.45, 7) is 4.39. The first-order valence-corrected chi connectivity index (χ1v) is 14.2. The van der Waals surface area contributed by atoms with Crippen molar-refractivity contribution in [2.45, 2.75) is 56.9 Å². The number of hydrogen-bond donors (Lipinski definition) is 1. The van der Waals surface area contributed by atoms with Crippen molar-refractivity contribution in [3.05, 3.63) is 96.1 Å². The first-order valence-electron chi connectivity index (χ1n) is 12.7. The molecule has 0 aliphatic carbocycles. The Labute approximate surface area is 232 Å². The van der Waals surface area contributed by atoms with Crippen molar-refractivity contribution in [2.75, 3.05) is 10.8 Å². The van der Waals surface area contributed by atoms with E-state index in [9.17, 15) is 31.2 Å². The summed E-state index contributed by atoms with van der Waals surface area (Å²) in [5.74, 6) is -1.19. The Morgan fingerprint density at radius 1 is 0.900 bits per heavy atom. The van der Waals surface area contributed by atoms with Gasteiger partial charge >= 0.3 is 6.18 Å². The van der Waals surface area contributed by atoms with Gasteiger partial charge in [-0.3, -0.25) is 13.9 Å². The zero-order valence-corrected chi connectivity index (χ0v) is 23.2. The number of nitrogens with one attached hydrogen (secondary N) is 1. The normalized spacial score (nSPS) is 13.2. The smallest absolute Gasteiger partial charge is 0.352 e. The second-order valence-electron chi connectivity index (χ2n) is 9.37. The van der Waals surface area contributed by atoms with Crippen LogP contribution in [0.2, 0.25) is 0 Å². The van der Waals surface area contributed by atoms with Crippen LogP contribution in [-0.4, -0.2) is 43.8 Å². The highest BCUT2D eigenvalue weighted by Crippen LogP contribution is 2.33. The minimum atomic E-state index is -4.73. The molecule has 0 aromatic heterocycles. The maximum Gasteiger partial charge on any atom is 0.416 e. The van der Waals surface area contributed by atoms with E-state index in [1.807, 2.05) is 13.8 Å². The lowest BCUT2D eigenvalue weighted by atomic mass is 10.1.